The third kappa shape index (κ3) is 3.07. The van der Waals surface area contributed by atoms with E-state index in [-0.39, 0.29) is 25.0 Å². The van der Waals surface area contributed by atoms with Crippen molar-refractivity contribution in [2.75, 3.05) is 13.1 Å². The van der Waals surface area contributed by atoms with Crippen LogP contribution in [0.25, 0.3) is 10.9 Å². The zero-order chi connectivity index (χ0) is 16.6. The fourth-order valence-corrected chi connectivity index (χ4v) is 3.12. The average molecular weight is 316 g/mol. The predicted molar refractivity (Wildman–Crippen MR) is 85.3 cm³/mol. The van der Waals surface area contributed by atoms with Crippen LogP contribution >= 0.6 is 0 Å². The molecular formula is C17H20N2O4. The molecule has 2 N–H and O–H groups in total. The summed E-state index contributed by atoms with van der Waals surface area (Å²) >= 11 is 0. The van der Waals surface area contributed by atoms with Gasteiger partial charge in [-0.1, -0.05) is 18.2 Å². The zero-order valence-corrected chi connectivity index (χ0v) is 13.2. The van der Waals surface area contributed by atoms with E-state index in [1.165, 1.54) is 0 Å². The predicted octanol–water partition coefficient (Wildman–Crippen LogP) is 1.72. The van der Waals surface area contributed by atoms with Crippen molar-refractivity contribution in [3.63, 3.8) is 0 Å². The minimum atomic E-state index is -1.03. The van der Waals surface area contributed by atoms with Crippen molar-refractivity contribution in [1.29, 1.82) is 0 Å². The summed E-state index contributed by atoms with van der Waals surface area (Å²) in [5.74, 6) is -1.10. The lowest BCUT2D eigenvalue weighted by Crippen LogP contribution is -2.52. The molecule has 1 saturated heterocycles. The van der Waals surface area contributed by atoms with Crippen molar-refractivity contribution >= 4 is 22.8 Å². The maximum Gasteiger partial charge on any atom is 0.334 e. The Morgan fingerprint density at radius 3 is 2.83 bits per heavy atom. The molecule has 23 heavy (non-hydrogen) atoms. The normalized spacial score (nSPS) is 21.6. The van der Waals surface area contributed by atoms with Gasteiger partial charge < -0.3 is 19.7 Å². The van der Waals surface area contributed by atoms with Gasteiger partial charge in [-0.15, -0.1) is 0 Å². The Bertz CT molecular complexity index is 752. The summed E-state index contributed by atoms with van der Waals surface area (Å²) in [5, 5.41) is 10.2. The molecule has 122 valence electrons. The van der Waals surface area contributed by atoms with Gasteiger partial charge in [0, 0.05) is 23.1 Å². The maximum absolute atomic E-state index is 12.6. The largest absolute Gasteiger partial charge is 0.479 e. The lowest BCUT2D eigenvalue weighted by molar-refractivity contribution is -0.166. The molecule has 1 aromatic carbocycles. The Kier molecular flexibility index (Phi) is 4.09. The Hall–Kier alpha value is -2.34. The molecule has 6 nitrogen and oxygen atoms in total. The van der Waals surface area contributed by atoms with Gasteiger partial charge in [0.05, 0.1) is 19.1 Å². The van der Waals surface area contributed by atoms with E-state index in [9.17, 15) is 9.59 Å². The molecule has 2 atom stereocenters. The van der Waals surface area contributed by atoms with Crippen LogP contribution < -0.4 is 0 Å². The minimum absolute atomic E-state index is 0.0701. The number of hydrogen-bond donors (Lipinski definition) is 2. The number of fused-ring (bicyclic) bond motifs is 1. The van der Waals surface area contributed by atoms with E-state index < -0.39 is 12.1 Å². The van der Waals surface area contributed by atoms with Crippen LogP contribution in [0.1, 0.15) is 18.2 Å². The summed E-state index contributed by atoms with van der Waals surface area (Å²) in [6, 6.07) is 7.86. The van der Waals surface area contributed by atoms with Gasteiger partial charge in [0.25, 0.3) is 0 Å². The number of carboxylic acid groups (broad SMARTS) is 1. The fourth-order valence-electron chi connectivity index (χ4n) is 3.12. The van der Waals surface area contributed by atoms with Gasteiger partial charge in [0.1, 0.15) is 0 Å². The van der Waals surface area contributed by atoms with Gasteiger partial charge in [0.2, 0.25) is 5.91 Å². The SMILES string of the molecule is Cc1[nH]c2ccccc2c1CC(=O)N1CC(C(=O)O)O[C@H](C)C1. The van der Waals surface area contributed by atoms with E-state index in [1.54, 1.807) is 11.8 Å². The number of benzene rings is 1. The molecule has 0 spiro atoms. The van der Waals surface area contributed by atoms with Crippen LogP contribution in [-0.4, -0.2) is 52.2 Å². The number of morpholine rings is 1. The molecule has 1 amide bonds. The van der Waals surface area contributed by atoms with Crippen LogP contribution in [0.3, 0.4) is 0 Å². The highest BCUT2D eigenvalue weighted by Crippen LogP contribution is 2.23. The number of H-pyrrole nitrogens is 1. The molecule has 1 unspecified atom stereocenters. The van der Waals surface area contributed by atoms with Gasteiger partial charge in [0.15, 0.2) is 6.10 Å². The molecule has 0 aliphatic carbocycles. The molecule has 1 fully saturated rings. The lowest BCUT2D eigenvalue weighted by Gasteiger charge is -2.35. The highest BCUT2D eigenvalue weighted by atomic mass is 16.5. The monoisotopic (exact) mass is 316 g/mol. The van der Waals surface area contributed by atoms with E-state index in [0.29, 0.717) is 6.54 Å². The molecule has 0 bridgehead atoms. The molecule has 2 heterocycles. The highest BCUT2D eigenvalue weighted by Gasteiger charge is 2.32. The zero-order valence-electron chi connectivity index (χ0n) is 13.2. The van der Waals surface area contributed by atoms with Crippen molar-refractivity contribution in [2.24, 2.45) is 0 Å². The number of aryl methyl sites for hydroxylation is 1. The van der Waals surface area contributed by atoms with Crippen molar-refractivity contribution in [2.45, 2.75) is 32.5 Å². The standard InChI is InChI=1S/C17H20N2O4/c1-10-8-19(9-15(23-10)17(21)22)16(20)7-13-11(2)18-14-6-4-3-5-12(13)14/h3-6,10,15,18H,7-9H2,1-2H3,(H,21,22)/t10-,15?/m1/s1. The van der Waals surface area contributed by atoms with Crippen LogP contribution in [0.4, 0.5) is 0 Å². The van der Waals surface area contributed by atoms with E-state index in [1.807, 2.05) is 31.2 Å². The number of rotatable bonds is 3. The van der Waals surface area contributed by atoms with Crippen molar-refractivity contribution in [3.05, 3.63) is 35.5 Å². The number of para-hydroxylation sites is 1. The minimum Gasteiger partial charge on any atom is -0.479 e. The number of carboxylic acids is 1. The number of aromatic amines is 1. The Balaban J connectivity index is 1.80. The molecule has 1 aliphatic rings. The first kappa shape index (κ1) is 15.6. The van der Waals surface area contributed by atoms with Crippen LogP contribution in [0, 0.1) is 6.92 Å². The quantitative estimate of drug-likeness (QED) is 0.903. The molecule has 0 radical (unpaired) electrons. The summed E-state index contributed by atoms with van der Waals surface area (Å²) in [5.41, 5.74) is 2.94. The number of nitrogens with one attached hydrogen (secondary N) is 1. The van der Waals surface area contributed by atoms with Gasteiger partial charge in [-0.05, 0) is 25.5 Å². The van der Waals surface area contributed by atoms with E-state index >= 15 is 0 Å². The van der Waals surface area contributed by atoms with Gasteiger partial charge >= 0.3 is 5.97 Å². The number of hydrogen-bond acceptors (Lipinski definition) is 3. The second-order valence-electron chi connectivity index (χ2n) is 6.02. The summed E-state index contributed by atoms with van der Waals surface area (Å²) in [7, 11) is 0. The number of aliphatic carboxylic acids is 1. The number of carbonyl (C=O) groups is 2. The smallest absolute Gasteiger partial charge is 0.334 e. The summed E-state index contributed by atoms with van der Waals surface area (Å²) in [6.45, 7) is 4.25. The Labute approximate surface area is 134 Å². The van der Waals surface area contributed by atoms with Crippen molar-refractivity contribution in [3.8, 4) is 0 Å². The first-order valence-corrected chi connectivity index (χ1v) is 7.68. The molecule has 0 saturated carbocycles. The van der Waals surface area contributed by atoms with Gasteiger partial charge in [-0.2, -0.15) is 0 Å². The third-order valence-corrected chi connectivity index (χ3v) is 4.24. The molecule has 1 aliphatic heterocycles. The fraction of sp³-hybridized carbons (Fsp3) is 0.412. The number of aromatic nitrogens is 1. The second kappa shape index (κ2) is 6.04. The molecular weight excluding hydrogens is 296 g/mol. The lowest BCUT2D eigenvalue weighted by atomic mass is 10.1. The average Bonchev–Trinajstić information content (AvgIpc) is 2.82. The first-order chi connectivity index (χ1) is 11.0. The number of carbonyl (C=O) groups excluding carboxylic acids is 1. The summed E-state index contributed by atoms with van der Waals surface area (Å²) in [4.78, 5) is 28.7. The highest BCUT2D eigenvalue weighted by molar-refractivity contribution is 5.90. The van der Waals surface area contributed by atoms with E-state index in [0.717, 1.165) is 22.2 Å². The summed E-state index contributed by atoms with van der Waals surface area (Å²) in [6.07, 6.45) is -0.973. The van der Waals surface area contributed by atoms with E-state index in [4.69, 9.17) is 9.84 Å². The first-order valence-electron chi connectivity index (χ1n) is 7.68. The molecule has 3 rings (SSSR count). The third-order valence-electron chi connectivity index (χ3n) is 4.24. The topological polar surface area (TPSA) is 82.6 Å². The Morgan fingerprint density at radius 2 is 2.09 bits per heavy atom. The molecule has 6 heteroatoms. The van der Waals surface area contributed by atoms with Crippen molar-refractivity contribution in [1.82, 2.24) is 9.88 Å². The van der Waals surface area contributed by atoms with Crippen molar-refractivity contribution < 1.29 is 19.4 Å². The van der Waals surface area contributed by atoms with Crippen LogP contribution in [0.5, 0.6) is 0 Å². The summed E-state index contributed by atoms with van der Waals surface area (Å²) < 4.78 is 5.36. The maximum atomic E-state index is 12.6. The number of ether oxygens (including phenoxy) is 1. The van der Waals surface area contributed by atoms with Gasteiger partial charge in [-0.3, -0.25) is 4.79 Å². The number of amides is 1. The Morgan fingerprint density at radius 1 is 1.35 bits per heavy atom. The van der Waals surface area contributed by atoms with Gasteiger partial charge in [-0.25, -0.2) is 4.79 Å². The number of nitrogens with zero attached hydrogens (tertiary/aromatic N) is 1. The molecule has 2 aromatic rings. The van der Waals surface area contributed by atoms with E-state index in [2.05, 4.69) is 4.98 Å². The molecule has 1 aromatic heterocycles. The van der Waals surface area contributed by atoms with Crippen LogP contribution in [0.15, 0.2) is 24.3 Å². The second-order valence-corrected chi connectivity index (χ2v) is 6.02. The van der Waals surface area contributed by atoms with Crippen LogP contribution in [0.2, 0.25) is 0 Å². The van der Waals surface area contributed by atoms with Crippen LogP contribution in [-0.2, 0) is 20.7 Å².